The molecule has 0 spiro atoms. The van der Waals surface area contributed by atoms with Crippen LogP contribution in [-0.4, -0.2) is 35.2 Å². The summed E-state index contributed by atoms with van der Waals surface area (Å²) in [5.41, 5.74) is 0.970. The topological polar surface area (TPSA) is 67.4 Å². The summed E-state index contributed by atoms with van der Waals surface area (Å²) < 4.78 is 32.0. The second-order valence-corrected chi connectivity index (χ2v) is 5.99. The fourth-order valence-corrected chi connectivity index (χ4v) is 2.98. The lowest BCUT2D eigenvalue weighted by molar-refractivity contribution is 0.288. The van der Waals surface area contributed by atoms with Crippen molar-refractivity contribution in [1.29, 1.82) is 0 Å². The summed E-state index contributed by atoms with van der Waals surface area (Å²) in [5.74, 6) is 0.801. The van der Waals surface area contributed by atoms with Gasteiger partial charge in [0.1, 0.15) is 5.75 Å². The highest BCUT2D eigenvalue weighted by Gasteiger charge is 2.17. The molecule has 0 atom stereocenters. The lowest BCUT2D eigenvalue weighted by Gasteiger charge is -2.18. The molecule has 0 fully saturated rings. The van der Waals surface area contributed by atoms with E-state index in [2.05, 4.69) is 10.0 Å². The van der Waals surface area contributed by atoms with Gasteiger partial charge in [-0.05, 0) is 43.7 Å². The van der Waals surface area contributed by atoms with Gasteiger partial charge in [-0.15, -0.1) is 0 Å². The maximum absolute atomic E-state index is 12.0. The van der Waals surface area contributed by atoms with E-state index in [1.807, 2.05) is 0 Å². The highest BCUT2D eigenvalue weighted by Crippen LogP contribution is 2.27. The monoisotopic (exact) mass is 270 g/mol. The number of fused-ring (bicyclic) bond motifs is 1. The predicted octanol–water partition coefficient (Wildman–Crippen LogP) is 0.509. The van der Waals surface area contributed by atoms with Gasteiger partial charge >= 0.3 is 0 Å². The Morgan fingerprint density at radius 2 is 2.17 bits per heavy atom. The van der Waals surface area contributed by atoms with Gasteiger partial charge in [0.05, 0.1) is 11.5 Å². The summed E-state index contributed by atoms with van der Waals surface area (Å²) in [6.07, 6.45) is 1.80. The lowest BCUT2D eigenvalue weighted by atomic mass is 10.1. The average molecular weight is 270 g/mol. The second-order valence-electron chi connectivity index (χ2n) is 4.22. The molecule has 100 valence electrons. The summed E-state index contributed by atoms with van der Waals surface area (Å²) >= 11 is 0. The standard InChI is InChI=1S/C12H18N2O3S/c1-13-6-7-14-18(15,16)11-4-5-12-10(9-11)3-2-8-17-12/h4-5,9,13-14H,2-3,6-8H2,1H3. The van der Waals surface area contributed by atoms with Crippen molar-refractivity contribution in [3.63, 3.8) is 0 Å². The first-order valence-electron chi connectivity index (χ1n) is 6.03. The molecule has 0 aliphatic carbocycles. The molecule has 0 bridgehead atoms. The molecule has 6 heteroatoms. The SMILES string of the molecule is CNCCNS(=O)(=O)c1ccc2c(c1)CCCO2. The van der Waals surface area contributed by atoms with E-state index in [-0.39, 0.29) is 0 Å². The van der Waals surface area contributed by atoms with Crippen LogP contribution in [0.5, 0.6) is 5.75 Å². The van der Waals surface area contributed by atoms with Crippen molar-refractivity contribution < 1.29 is 13.2 Å². The van der Waals surface area contributed by atoms with E-state index < -0.39 is 10.0 Å². The van der Waals surface area contributed by atoms with Crippen molar-refractivity contribution in [3.05, 3.63) is 23.8 Å². The fraction of sp³-hybridized carbons (Fsp3) is 0.500. The number of hydrogen-bond donors (Lipinski definition) is 2. The Bertz CT molecular complexity index is 514. The van der Waals surface area contributed by atoms with Gasteiger partial charge in [-0.25, -0.2) is 13.1 Å². The van der Waals surface area contributed by atoms with Crippen LogP contribution in [0, 0.1) is 0 Å². The Labute approximate surface area is 108 Å². The number of likely N-dealkylation sites (N-methyl/N-ethyl adjacent to an activating group) is 1. The molecule has 5 nitrogen and oxygen atoms in total. The minimum Gasteiger partial charge on any atom is -0.493 e. The van der Waals surface area contributed by atoms with E-state index in [0.29, 0.717) is 24.6 Å². The molecular formula is C12H18N2O3S. The average Bonchev–Trinajstić information content (AvgIpc) is 2.38. The van der Waals surface area contributed by atoms with Gasteiger partial charge in [-0.3, -0.25) is 0 Å². The maximum Gasteiger partial charge on any atom is 0.240 e. The van der Waals surface area contributed by atoms with Crippen LogP contribution in [0.15, 0.2) is 23.1 Å². The largest absolute Gasteiger partial charge is 0.493 e. The van der Waals surface area contributed by atoms with Crippen LogP contribution in [0.2, 0.25) is 0 Å². The molecular weight excluding hydrogens is 252 g/mol. The Balaban J connectivity index is 2.17. The number of ether oxygens (including phenoxy) is 1. The van der Waals surface area contributed by atoms with Crippen LogP contribution < -0.4 is 14.8 Å². The first-order chi connectivity index (χ1) is 8.63. The van der Waals surface area contributed by atoms with Crippen LogP contribution in [0.25, 0.3) is 0 Å². The fourth-order valence-electron chi connectivity index (χ4n) is 1.90. The summed E-state index contributed by atoms with van der Waals surface area (Å²) in [6.45, 7) is 1.69. The van der Waals surface area contributed by atoms with Crippen LogP contribution in [0.1, 0.15) is 12.0 Å². The Morgan fingerprint density at radius 3 is 2.94 bits per heavy atom. The van der Waals surface area contributed by atoms with Crippen molar-refractivity contribution in [2.45, 2.75) is 17.7 Å². The Morgan fingerprint density at radius 1 is 1.33 bits per heavy atom. The molecule has 0 unspecified atom stereocenters. The first kappa shape index (κ1) is 13.3. The summed E-state index contributed by atoms with van der Waals surface area (Å²) in [7, 11) is -1.63. The third kappa shape index (κ3) is 3.01. The molecule has 1 heterocycles. The van der Waals surface area contributed by atoms with E-state index >= 15 is 0 Å². The molecule has 1 aromatic rings. The van der Waals surface area contributed by atoms with E-state index in [1.165, 1.54) is 0 Å². The highest BCUT2D eigenvalue weighted by molar-refractivity contribution is 7.89. The van der Waals surface area contributed by atoms with Crippen LogP contribution in [0.3, 0.4) is 0 Å². The number of nitrogens with one attached hydrogen (secondary N) is 2. The summed E-state index contributed by atoms with van der Waals surface area (Å²) in [6, 6.07) is 5.03. The van der Waals surface area contributed by atoms with E-state index in [9.17, 15) is 8.42 Å². The quantitative estimate of drug-likeness (QED) is 0.765. The van der Waals surface area contributed by atoms with Gasteiger partial charge in [-0.1, -0.05) is 0 Å². The van der Waals surface area contributed by atoms with Crippen molar-refractivity contribution in [2.75, 3.05) is 26.7 Å². The molecule has 18 heavy (non-hydrogen) atoms. The molecule has 1 aliphatic heterocycles. The molecule has 0 amide bonds. The van der Waals surface area contributed by atoms with Gasteiger partial charge in [0.2, 0.25) is 10.0 Å². The Hall–Kier alpha value is -1.11. The van der Waals surface area contributed by atoms with E-state index in [0.717, 1.165) is 24.2 Å². The molecule has 0 saturated carbocycles. The van der Waals surface area contributed by atoms with Crippen molar-refractivity contribution in [3.8, 4) is 5.75 Å². The predicted molar refractivity (Wildman–Crippen MR) is 69.4 cm³/mol. The van der Waals surface area contributed by atoms with E-state index in [1.54, 1.807) is 25.2 Å². The number of sulfonamides is 1. The zero-order chi connectivity index (χ0) is 13.0. The minimum atomic E-state index is -3.41. The number of aryl methyl sites for hydroxylation is 1. The molecule has 1 aliphatic rings. The van der Waals surface area contributed by atoms with Crippen molar-refractivity contribution in [2.24, 2.45) is 0 Å². The first-order valence-corrected chi connectivity index (χ1v) is 7.52. The maximum atomic E-state index is 12.0. The van der Waals surface area contributed by atoms with Gasteiger partial charge in [-0.2, -0.15) is 0 Å². The molecule has 2 rings (SSSR count). The molecule has 1 aromatic carbocycles. The third-order valence-corrected chi connectivity index (χ3v) is 4.32. The smallest absolute Gasteiger partial charge is 0.240 e. The number of benzene rings is 1. The van der Waals surface area contributed by atoms with Gasteiger partial charge in [0.15, 0.2) is 0 Å². The third-order valence-electron chi connectivity index (χ3n) is 2.86. The summed E-state index contributed by atoms with van der Waals surface area (Å²) in [4.78, 5) is 0.308. The van der Waals surface area contributed by atoms with Crippen LogP contribution >= 0.6 is 0 Å². The van der Waals surface area contributed by atoms with Gasteiger partial charge < -0.3 is 10.1 Å². The van der Waals surface area contributed by atoms with Crippen LogP contribution in [-0.2, 0) is 16.4 Å². The molecule has 0 saturated heterocycles. The molecule has 0 aromatic heterocycles. The number of rotatable bonds is 5. The van der Waals surface area contributed by atoms with Gasteiger partial charge in [0, 0.05) is 13.1 Å². The highest BCUT2D eigenvalue weighted by atomic mass is 32.2. The molecule has 0 radical (unpaired) electrons. The lowest BCUT2D eigenvalue weighted by Crippen LogP contribution is -2.30. The van der Waals surface area contributed by atoms with Crippen LogP contribution in [0.4, 0.5) is 0 Å². The second kappa shape index (κ2) is 5.69. The summed E-state index contributed by atoms with van der Waals surface area (Å²) in [5, 5.41) is 2.89. The van der Waals surface area contributed by atoms with E-state index in [4.69, 9.17) is 4.74 Å². The zero-order valence-electron chi connectivity index (χ0n) is 10.4. The molecule has 2 N–H and O–H groups in total. The zero-order valence-corrected chi connectivity index (χ0v) is 11.2. The minimum absolute atomic E-state index is 0.308. The van der Waals surface area contributed by atoms with Crippen molar-refractivity contribution >= 4 is 10.0 Å². The number of hydrogen-bond acceptors (Lipinski definition) is 4. The van der Waals surface area contributed by atoms with Crippen molar-refractivity contribution in [1.82, 2.24) is 10.0 Å². The normalized spacial score (nSPS) is 14.9. The Kier molecular flexibility index (Phi) is 4.21. The van der Waals surface area contributed by atoms with Gasteiger partial charge in [0.25, 0.3) is 0 Å².